The first kappa shape index (κ1) is 32.8. The van der Waals surface area contributed by atoms with E-state index in [9.17, 15) is 0 Å². The number of hydrogen-bond donors (Lipinski definition) is 0. The molecule has 268 valence electrons. The van der Waals surface area contributed by atoms with Crippen LogP contribution in [0.4, 0.5) is 17.1 Å². The predicted molar refractivity (Wildman–Crippen MR) is 239 cm³/mol. The molecular formula is C54H36N2O. The van der Waals surface area contributed by atoms with Crippen molar-refractivity contribution >= 4 is 60.8 Å². The van der Waals surface area contributed by atoms with Crippen LogP contribution in [0.5, 0.6) is 0 Å². The minimum atomic E-state index is 0.890. The molecule has 0 radical (unpaired) electrons. The zero-order chi connectivity index (χ0) is 37.7. The van der Waals surface area contributed by atoms with E-state index < -0.39 is 0 Å². The van der Waals surface area contributed by atoms with Crippen molar-refractivity contribution < 1.29 is 4.42 Å². The van der Waals surface area contributed by atoms with Crippen LogP contribution in [0.2, 0.25) is 0 Å². The van der Waals surface area contributed by atoms with Crippen LogP contribution in [0, 0.1) is 0 Å². The number of furan rings is 1. The van der Waals surface area contributed by atoms with Crippen molar-refractivity contribution in [3.05, 3.63) is 218 Å². The second-order valence-corrected chi connectivity index (χ2v) is 14.6. The van der Waals surface area contributed by atoms with Crippen molar-refractivity contribution in [3.8, 4) is 39.1 Å². The van der Waals surface area contributed by atoms with E-state index >= 15 is 0 Å². The van der Waals surface area contributed by atoms with Gasteiger partial charge in [0.05, 0.1) is 11.0 Å². The fourth-order valence-corrected chi connectivity index (χ4v) is 8.44. The van der Waals surface area contributed by atoms with E-state index in [-0.39, 0.29) is 0 Å². The quantitative estimate of drug-likeness (QED) is 0.163. The molecule has 0 saturated heterocycles. The maximum absolute atomic E-state index is 6.25. The number of rotatable bonds is 7. The van der Waals surface area contributed by atoms with Gasteiger partial charge < -0.3 is 13.9 Å². The molecule has 0 bridgehead atoms. The third-order valence-electron chi connectivity index (χ3n) is 11.2. The Morgan fingerprint density at radius 1 is 0.298 bits per heavy atom. The summed E-state index contributed by atoms with van der Waals surface area (Å²) >= 11 is 0. The van der Waals surface area contributed by atoms with Gasteiger partial charge in [0.2, 0.25) is 0 Å². The second-order valence-electron chi connectivity index (χ2n) is 14.6. The molecule has 0 N–H and O–H groups in total. The lowest BCUT2D eigenvalue weighted by molar-refractivity contribution is 0.669. The number of anilines is 3. The Morgan fingerprint density at radius 3 is 1.54 bits per heavy atom. The zero-order valence-electron chi connectivity index (χ0n) is 31.1. The van der Waals surface area contributed by atoms with Gasteiger partial charge in [0, 0.05) is 44.3 Å². The van der Waals surface area contributed by atoms with Crippen molar-refractivity contribution in [2.75, 3.05) is 4.90 Å². The van der Waals surface area contributed by atoms with Gasteiger partial charge in [-0.2, -0.15) is 0 Å². The first-order valence-corrected chi connectivity index (χ1v) is 19.4. The molecule has 0 atom stereocenters. The van der Waals surface area contributed by atoms with E-state index in [0.29, 0.717) is 0 Å². The minimum Gasteiger partial charge on any atom is -0.456 e. The summed E-state index contributed by atoms with van der Waals surface area (Å²) < 4.78 is 8.65. The standard InChI is InChI=1S/C54H36N2O/c1-4-14-37(15-5-1)38-24-28-45(29-25-38)56-51-22-12-10-20-47(51)48-30-26-40(36-52(48)56)42-32-41(39-27-31-54-50(35-39)49-21-11-13-23-53(49)57-54)33-46(34-42)55(43-16-6-2-7-17-43)44-18-8-3-9-19-44/h1-36H. The first-order chi connectivity index (χ1) is 28.2. The normalized spacial score (nSPS) is 11.5. The maximum Gasteiger partial charge on any atom is 0.135 e. The van der Waals surface area contributed by atoms with Crippen molar-refractivity contribution in [1.82, 2.24) is 4.57 Å². The average Bonchev–Trinajstić information content (AvgIpc) is 3.82. The summed E-state index contributed by atoms with van der Waals surface area (Å²) in [4.78, 5) is 2.35. The molecule has 0 unspecified atom stereocenters. The van der Waals surface area contributed by atoms with E-state index in [1.165, 1.54) is 32.9 Å². The maximum atomic E-state index is 6.25. The average molecular weight is 729 g/mol. The van der Waals surface area contributed by atoms with Crippen LogP contribution in [0.25, 0.3) is 82.8 Å². The number of hydrogen-bond acceptors (Lipinski definition) is 2. The monoisotopic (exact) mass is 728 g/mol. The van der Waals surface area contributed by atoms with Gasteiger partial charge >= 0.3 is 0 Å². The SMILES string of the molecule is c1ccc(-c2ccc(-n3c4ccccc4c4ccc(-c5cc(-c6ccc7oc8ccccc8c7c6)cc(N(c6ccccc6)c6ccccc6)c5)cc43)cc2)cc1. The van der Waals surface area contributed by atoms with Crippen LogP contribution >= 0.6 is 0 Å². The summed E-state index contributed by atoms with van der Waals surface area (Å²) in [6.45, 7) is 0. The molecule has 2 aromatic heterocycles. The molecule has 3 nitrogen and oxygen atoms in total. The van der Waals surface area contributed by atoms with Crippen molar-refractivity contribution in [2.45, 2.75) is 0 Å². The fraction of sp³-hybridized carbons (Fsp3) is 0. The Labute approximate surface area is 330 Å². The molecule has 2 heterocycles. The van der Waals surface area contributed by atoms with Gasteiger partial charge in [-0.25, -0.2) is 0 Å². The van der Waals surface area contributed by atoms with Gasteiger partial charge in [-0.15, -0.1) is 0 Å². The lowest BCUT2D eigenvalue weighted by Gasteiger charge is -2.27. The number of nitrogens with zero attached hydrogens (tertiary/aromatic N) is 2. The topological polar surface area (TPSA) is 21.3 Å². The Kier molecular flexibility index (Phi) is 7.82. The lowest BCUT2D eigenvalue weighted by Crippen LogP contribution is -2.10. The molecule has 0 spiro atoms. The van der Waals surface area contributed by atoms with Gasteiger partial charge in [-0.1, -0.05) is 133 Å². The predicted octanol–water partition coefficient (Wildman–Crippen LogP) is 15.2. The molecule has 11 aromatic rings. The van der Waals surface area contributed by atoms with Crippen LogP contribution in [0.1, 0.15) is 0 Å². The van der Waals surface area contributed by atoms with E-state index in [0.717, 1.165) is 66.9 Å². The number of aromatic nitrogens is 1. The number of benzene rings is 9. The molecule has 11 rings (SSSR count). The summed E-state index contributed by atoms with van der Waals surface area (Å²) in [5, 5.41) is 4.70. The van der Waals surface area contributed by atoms with Crippen LogP contribution in [0.15, 0.2) is 223 Å². The third-order valence-corrected chi connectivity index (χ3v) is 11.2. The summed E-state index contributed by atoms with van der Waals surface area (Å²) in [7, 11) is 0. The third kappa shape index (κ3) is 5.76. The summed E-state index contributed by atoms with van der Waals surface area (Å²) in [5.74, 6) is 0. The van der Waals surface area contributed by atoms with Crippen LogP contribution in [-0.2, 0) is 0 Å². The Hall–Kier alpha value is -7.62. The smallest absolute Gasteiger partial charge is 0.135 e. The molecular weight excluding hydrogens is 693 g/mol. The fourth-order valence-electron chi connectivity index (χ4n) is 8.44. The van der Waals surface area contributed by atoms with Gasteiger partial charge in [-0.3, -0.25) is 0 Å². The van der Waals surface area contributed by atoms with Crippen molar-refractivity contribution in [3.63, 3.8) is 0 Å². The van der Waals surface area contributed by atoms with E-state index in [1.807, 2.05) is 12.1 Å². The van der Waals surface area contributed by atoms with Gasteiger partial charge in [0.15, 0.2) is 0 Å². The van der Waals surface area contributed by atoms with Gasteiger partial charge in [0.1, 0.15) is 11.2 Å². The number of para-hydroxylation sites is 4. The summed E-state index contributed by atoms with van der Waals surface area (Å²) in [6, 6.07) is 78.3. The van der Waals surface area contributed by atoms with Gasteiger partial charge in [-0.05, 0) is 118 Å². The second kappa shape index (κ2) is 13.6. The highest BCUT2D eigenvalue weighted by atomic mass is 16.3. The highest BCUT2D eigenvalue weighted by Crippen LogP contribution is 2.42. The molecule has 0 aliphatic carbocycles. The molecule has 3 heteroatoms. The highest BCUT2D eigenvalue weighted by molar-refractivity contribution is 6.10. The Morgan fingerprint density at radius 2 is 0.825 bits per heavy atom. The van der Waals surface area contributed by atoms with Crippen LogP contribution in [0.3, 0.4) is 0 Å². The van der Waals surface area contributed by atoms with Crippen molar-refractivity contribution in [2.24, 2.45) is 0 Å². The molecule has 0 saturated carbocycles. The Bertz CT molecular complexity index is 3180. The first-order valence-electron chi connectivity index (χ1n) is 19.4. The summed E-state index contributed by atoms with van der Waals surface area (Å²) in [5.41, 5.74) is 15.5. The lowest BCUT2D eigenvalue weighted by atomic mass is 9.95. The Balaban J connectivity index is 1.13. The minimum absolute atomic E-state index is 0.890. The van der Waals surface area contributed by atoms with E-state index in [4.69, 9.17) is 4.42 Å². The zero-order valence-corrected chi connectivity index (χ0v) is 31.1. The molecule has 9 aromatic carbocycles. The largest absolute Gasteiger partial charge is 0.456 e. The van der Waals surface area contributed by atoms with E-state index in [2.05, 4.69) is 216 Å². The molecule has 0 fully saturated rings. The molecule has 0 aliphatic rings. The molecule has 0 aliphatic heterocycles. The van der Waals surface area contributed by atoms with Crippen LogP contribution < -0.4 is 4.90 Å². The van der Waals surface area contributed by atoms with Crippen LogP contribution in [-0.4, -0.2) is 4.57 Å². The highest BCUT2D eigenvalue weighted by Gasteiger charge is 2.18. The van der Waals surface area contributed by atoms with Gasteiger partial charge in [0.25, 0.3) is 0 Å². The summed E-state index contributed by atoms with van der Waals surface area (Å²) in [6.07, 6.45) is 0. The molecule has 57 heavy (non-hydrogen) atoms. The number of fused-ring (bicyclic) bond motifs is 6. The van der Waals surface area contributed by atoms with Crippen molar-refractivity contribution in [1.29, 1.82) is 0 Å². The molecule has 0 amide bonds. The van der Waals surface area contributed by atoms with E-state index in [1.54, 1.807) is 0 Å².